The van der Waals surface area contributed by atoms with Crippen LogP contribution < -0.4 is 26.6 Å². The van der Waals surface area contributed by atoms with Crippen LogP contribution in [0.2, 0.25) is 0 Å². The molecule has 4 rings (SSSR count). The molecule has 2 aliphatic rings. The fourth-order valence-corrected chi connectivity index (χ4v) is 4.29. The summed E-state index contributed by atoms with van der Waals surface area (Å²) in [6.45, 7) is 0.402. The van der Waals surface area contributed by atoms with Gasteiger partial charge in [0.2, 0.25) is 0 Å². The molecule has 0 amide bonds. The number of alkyl halides is 3. The molecular weight excluding hydrogens is 408 g/mol. The average Bonchev–Trinajstić information content (AvgIpc) is 3.35. The Morgan fingerprint density at radius 2 is 2.00 bits per heavy atom. The van der Waals surface area contributed by atoms with Crippen molar-refractivity contribution in [1.29, 1.82) is 0 Å². The van der Waals surface area contributed by atoms with E-state index in [-0.39, 0.29) is 41.5 Å². The van der Waals surface area contributed by atoms with E-state index in [1.807, 2.05) is 0 Å². The van der Waals surface area contributed by atoms with Crippen molar-refractivity contribution < 1.29 is 22.3 Å². The van der Waals surface area contributed by atoms with Gasteiger partial charge in [-0.2, -0.15) is 13.2 Å². The fourth-order valence-electron chi connectivity index (χ4n) is 4.29. The number of hydrogen-bond donors (Lipinski definition) is 2. The van der Waals surface area contributed by atoms with E-state index in [1.54, 1.807) is 4.90 Å². The topological polar surface area (TPSA) is 93.3 Å². The first-order valence-electron chi connectivity index (χ1n) is 9.73. The Morgan fingerprint density at radius 3 is 2.60 bits per heavy atom. The Kier molecular flexibility index (Phi) is 5.03. The van der Waals surface area contributed by atoms with Crippen LogP contribution in [0, 0.1) is 11.7 Å². The zero-order chi connectivity index (χ0) is 21.8. The molecule has 3 N–H and O–H groups in total. The lowest BCUT2D eigenvalue weighted by molar-refractivity contribution is -0.140. The summed E-state index contributed by atoms with van der Waals surface area (Å²) in [7, 11) is 1.31. The first-order valence-corrected chi connectivity index (χ1v) is 9.73. The number of ether oxygens (including phenoxy) is 1. The van der Waals surface area contributed by atoms with Gasteiger partial charge in [0.1, 0.15) is 11.2 Å². The minimum Gasteiger partial charge on any atom is -0.492 e. The van der Waals surface area contributed by atoms with Crippen LogP contribution in [0.5, 0.6) is 5.75 Å². The van der Waals surface area contributed by atoms with Crippen LogP contribution >= 0.6 is 0 Å². The number of rotatable bonds is 5. The molecule has 30 heavy (non-hydrogen) atoms. The fraction of sp³-hybridized carbons (Fsp3) is 0.579. The summed E-state index contributed by atoms with van der Waals surface area (Å²) in [5.74, 6) is -1.18. The first kappa shape index (κ1) is 20.7. The van der Waals surface area contributed by atoms with Crippen LogP contribution in [0.15, 0.2) is 15.7 Å². The van der Waals surface area contributed by atoms with E-state index < -0.39 is 41.6 Å². The maximum atomic E-state index is 15.1. The highest BCUT2D eigenvalue weighted by molar-refractivity contribution is 5.91. The summed E-state index contributed by atoms with van der Waals surface area (Å²) in [5, 5.41) is -0.0101. The molecule has 0 bridgehead atoms. The second kappa shape index (κ2) is 7.29. The molecule has 1 aliphatic carbocycles. The van der Waals surface area contributed by atoms with Gasteiger partial charge in [0, 0.05) is 25.2 Å². The molecule has 2 unspecified atom stereocenters. The molecule has 1 aromatic carbocycles. The van der Waals surface area contributed by atoms with Gasteiger partial charge in [-0.3, -0.25) is 14.3 Å². The minimum atomic E-state index is -4.37. The Hall–Kier alpha value is -2.56. The second-order valence-corrected chi connectivity index (χ2v) is 7.97. The first-order chi connectivity index (χ1) is 14.1. The van der Waals surface area contributed by atoms with E-state index in [0.717, 1.165) is 18.9 Å². The van der Waals surface area contributed by atoms with Crippen molar-refractivity contribution >= 4 is 16.6 Å². The number of methoxy groups -OCH3 is 1. The molecule has 1 saturated heterocycles. The summed E-state index contributed by atoms with van der Waals surface area (Å²) < 4.78 is 60.0. The summed E-state index contributed by atoms with van der Waals surface area (Å²) in [6.07, 6.45) is -3.63. The zero-order valence-electron chi connectivity index (χ0n) is 16.3. The van der Waals surface area contributed by atoms with Gasteiger partial charge in [-0.1, -0.05) is 0 Å². The highest BCUT2D eigenvalue weighted by Gasteiger charge is 2.38. The molecule has 2 fully saturated rings. The highest BCUT2D eigenvalue weighted by atomic mass is 19.4. The molecule has 1 aliphatic heterocycles. The van der Waals surface area contributed by atoms with Gasteiger partial charge >= 0.3 is 11.9 Å². The van der Waals surface area contributed by atoms with E-state index >= 15 is 4.39 Å². The number of nitrogens with two attached hydrogens (primary N) is 1. The smallest absolute Gasteiger partial charge is 0.390 e. The van der Waals surface area contributed by atoms with Crippen molar-refractivity contribution in [2.45, 2.75) is 43.9 Å². The van der Waals surface area contributed by atoms with E-state index in [0.29, 0.717) is 6.42 Å². The van der Waals surface area contributed by atoms with Crippen molar-refractivity contribution in [3.63, 3.8) is 0 Å². The van der Waals surface area contributed by atoms with Gasteiger partial charge in [0.05, 0.1) is 18.9 Å². The van der Waals surface area contributed by atoms with Gasteiger partial charge in [0.25, 0.3) is 5.56 Å². The third kappa shape index (κ3) is 3.66. The predicted molar refractivity (Wildman–Crippen MR) is 103 cm³/mol. The monoisotopic (exact) mass is 430 g/mol. The van der Waals surface area contributed by atoms with Gasteiger partial charge < -0.3 is 15.4 Å². The Morgan fingerprint density at radius 1 is 1.30 bits per heavy atom. The SMILES string of the molecule is COc1c(N2CCC(C(N)CC(F)(F)F)C2)c(F)cc2c(=O)[nH]c(=O)n(C3CC3)c12. The quantitative estimate of drug-likeness (QED) is 0.710. The van der Waals surface area contributed by atoms with Crippen molar-refractivity contribution in [3.8, 4) is 5.75 Å². The minimum absolute atomic E-state index is 0.0101. The lowest BCUT2D eigenvalue weighted by Crippen LogP contribution is -2.36. The Labute approximate surface area is 168 Å². The van der Waals surface area contributed by atoms with Crippen LogP contribution in [0.25, 0.3) is 10.9 Å². The molecule has 164 valence electrons. The van der Waals surface area contributed by atoms with Crippen molar-refractivity contribution in [3.05, 3.63) is 32.7 Å². The Balaban J connectivity index is 1.79. The maximum Gasteiger partial charge on any atom is 0.390 e. The molecule has 1 saturated carbocycles. The van der Waals surface area contributed by atoms with Gasteiger partial charge in [-0.15, -0.1) is 0 Å². The highest BCUT2D eigenvalue weighted by Crippen LogP contribution is 2.43. The number of benzene rings is 1. The molecule has 0 radical (unpaired) electrons. The largest absolute Gasteiger partial charge is 0.492 e. The van der Waals surface area contributed by atoms with Crippen molar-refractivity contribution in [2.75, 3.05) is 25.1 Å². The van der Waals surface area contributed by atoms with Crippen LogP contribution in [-0.2, 0) is 0 Å². The molecule has 11 heteroatoms. The van der Waals surface area contributed by atoms with E-state index in [1.165, 1.54) is 11.7 Å². The van der Waals surface area contributed by atoms with Crippen LogP contribution in [0.4, 0.5) is 23.2 Å². The van der Waals surface area contributed by atoms with Crippen LogP contribution in [0.1, 0.15) is 31.7 Å². The molecule has 0 spiro atoms. The van der Waals surface area contributed by atoms with Crippen molar-refractivity contribution in [2.24, 2.45) is 11.7 Å². The second-order valence-electron chi connectivity index (χ2n) is 7.97. The Bertz CT molecular complexity index is 1090. The van der Waals surface area contributed by atoms with Crippen LogP contribution in [-0.4, -0.2) is 42.0 Å². The molecule has 2 atom stereocenters. The number of nitrogens with one attached hydrogen (secondary N) is 1. The average molecular weight is 430 g/mol. The molecule has 2 heterocycles. The lowest BCUT2D eigenvalue weighted by Gasteiger charge is -2.25. The lowest BCUT2D eigenvalue weighted by atomic mass is 9.97. The number of halogens is 4. The number of hydrogen-bond acceptors (Lipinski definition) is 5. The standard InChI is InChI=1S/C19H22F4N4O3/c1-30-16-14-11(17(28)25-18(29)27(14)10-2-3-10)6-12(20)15(16)26-5-4-9(8-26)13(24)7-19(21,22)23/h6,9-10,13H,2-5,7-8,24H2,1H3,(H,25,28,29). The molecule has 1 aromatic heterocycles. The summed E-state index contributed by atoms with van der Waals surface area (Å²) in [5.41, 5.74) is 4.67. The number of H-pyrrole nitrogens is 1. The van der Waals surface area contributed by atoms with Crippen molar-refractivity contribution in [1.82, 2.24) is 9.55 Å². The molecule has 2 aromatic rings. The molecular formula is C19H22F4N4O3. The van der Waals surface area contributed by atoms with Gasteiger partial charge in [-0.25, -0.2) is 9.18 Å². The number of fused-ring (bicyclic) bond motifs is 1. The third-order valence-electron chi connectivity index (χ3n) is 5.84. The normalized spacial score (nSPS) is 20.7. The number of aromatic nitrogens is 2. The zero-order valence-corrected chi connectivity index (χ0v) is 16.3. The summed E-state index contributed by atoms with van der Waals surface area (Å²) >= 11 is 0. The summed E-state index contributed by atoms with van der Waals surface area (Å²) in [4.78, 5) is 28.5. The predicted octanol–water partition coefficient (Wildman–Crippen LogP) is 2.28. The number of nitrogens with zero attached hydrogens (tertiary/aromatic N) is 2. The number of anilines is 1. The number of aromatic amines is 1. The van der Waals surface area contributed by atoms with Gasteiger partial charge in [0.15, 0.2) is 11.6 Å². The van der Waals surface area contributed by atoms with Gasteiger partial charge in [-0.05, 0) is 31.2 Å². The maximum absolute atomic E-state index is 15.1. The van der Waals surface area contributed by atoms with E-state index in [4.69, 9.17) is 10.5 Å². The third-order valence-corrected chi connectivity index (χ3v) is 5.84. The van der Waals surface area contributed by atoms with E-state index in [2.05, 4.69) is 4.98 Å². The summed E-state index contributed by atoms with van der Waals surface area (Å²) in [6, 6.07) is -0.166. The molecule has 7 nitrogen and oxygen atoms in total. The van der Waals surface area contributed by atoms with Crippen LogP contribution in [0.3, 0.4) is 0 Å². The van der Waals surface area contributed by atoms with E-state index in [9.17, 15) is 22.8 Å².